The van der Waals surface area contributed by atoms with Gasteiger partial charge in [0.25, 0.3) is 10.1 Å². The van der Waals surface area contributed by atoms with Gasteiger partial charge in [0.05, 0.1) is 4.90 Å². The summed E-state index contributed by atoms with van der Waals surface area (Å²) < 4.78 is 34.3. The van der Waals surface area contributed by atoms with Crippen molar-refractivity contribution in [3.05, 3.63) is 41.5 Å². The summed E-state index contributed by atoms with van der Waals surface area (Å²) in [7, 11) is -4.24. The zero-order chi connectivity index (χ0) is 27.5. The molecule has 0 amide bonds. The molecule has 0 radical (unpaired) electrons. The molecule has 0 fully saturated rings. The molecule has 2 aromatic carbocycles. The number of benzene rings is 2. The fourth-order valence-electron chi connectivity index (χ4n) is 5.77. The van der Waals surface area contributed by atoms with E-state index in [9.17, 15) is 13.0 Å². The van der Waals surface area contributed by atoms with Crippen molar-refractivity contribution in [3.8, 4) is 0 Å². The highest BCUT2D eigenvalue weighted by atomic mass is 32.2. The molecule has 0 aromatic heterocycles. The first kappa shape index (κ1) is 32.8. The summed E-state index contributed by atoms with van der Waals surface area (Å²) in [5.74, 6) is 0. The van der Waals surface area contributed by atoms with E-state index >= 15 is 0 Å². The Kier molecular flexibility index (Phi) is 17.0. The van der Waals surface area contributed by atoms with Crippen molar-refractivity contribution in [2.24, 2.45) is 0 Å². The third-order valence-electron chi connectivity index (χ3n) is 8.08. The van der Waals surface area contributed by atoms with E-state index in [1.807, 2.05) is 12.1 Å². The molecule has 216 valence electrons. The van der Waals surface area contributed by atoms with Gasteiger partial charge >= 0.3 is 0 Å². The molecule has 0 unspecified atom stereocenters. The maximum absolute atomic E-state index is 12.2. The van der Waals surface area contributed by atoms with E-state index in [-0.39, 0.29) is 4.90 Å². The normalized spacial score (nSPS) is 12.0. The van der Waals surface area contributed by atoms with E-state index in [0.29, 0.717) is 6.42 Å². The SMILES string of the molecule is CCCCCCCCCCCCc1cccc2c(CCCCCCCCCCCC)c(S(=O)(=O)O)ccc12. The second-order valence-corrected chi connectivity index (χ2v) is 12.8. The largest absolute Gasteiger partial charge is 0.294 e. The highest BCUT2D eigenvalue weighted by Gasteiger charge is 2.18. The number of rotatable bonds is 23. The minimum absolute atomic E-state index is 0.0945. The van der Waals surface area contributed by atoms with Crippen molar-refractivity contribution in [2.45, 2.75) is 160 Å². The Bertz CT molecular complexity index is 996. The van der Waals surface area contributed by atoms with Crippen LogP contribution in [0.4, 0.5) is 0 Å². The van der Waals surface area contributed by atoms with Crippen LogP contribution in [0.3, 0.4) is 0 Å². The molecule has 0 bridgehead atoms. The van der Waals surface area contributed by atoms with Crippen LogP contribution < -0.4 is 0 Å². The fraction of sp³-hybridized carbons (Fsp3) is 0.706. The van der Waals surface area contributed by atoms with Gasteiger partial charge in [-0.2, -0.15) is 8.42 Å². The quantitative estimate of drug-likeness (QED) is 0.112. The summed E-state index contributed by atoms with van der Waals surface area (Å²) in [6.07, 6.45) is 27.5. The first-order valence-corrected chi connectivity index (χ1v) is 17.4. The predicted octanol–water partition coefficient (Wildman–Crippen LogP) is 11.0. The van der Waals surface area contributed by atoms with Crippen LogP contribution in [0.25, 0.3) is 10.8 Å². The van der Waals surface area contributed by atoms with E-state index in [2.05, 4.69) is 26.0 Å². The minimum Gasteiger partial charge on any atom is -0.282 e. The molecule has 0 heterocycles. The van der Waals surface area contributed by atoms with E-state index < -0.39 is 10.1 Å². The van der Waals surface area contributed by atoms with Gasteiger partial charge in [-0.15, -0.1) is 0 Å². The zero-order valence-corrected chi connectivity index (χ0v) is 25.4. The van der Waals surface area contributed by atoms with Crippen LogP contribution in [-0.2, 0) is 23.0 Å². The summed E-state index contributed by atoms with van der Waals surface area (Å²) in [5, 5.41) is 2.15. The van der Waals surface area contributed by atoms with Gasteiger partial charge in [-0.3, -0.25) is 4.55 Å². The highest BCUT2D eigenvalue weighted by Crippen LogP contribution is 2.30. The molecule has 0 aliphatic heterocycles. The molecule has 2 rings (SSSR count). The molecule has 0 saturated heterocycles. The van der Waals surface area contributed by atoms with Crippen molar-refractivity contribution >= 4 is 20.9 Å². The van der Waals surface area contributed by atoms with Crippen LogP contribution in [0.15, 0.2) is 35.2 Å². The lowest BCUT2D eigenvalue weighted by Crippen LogP contribution is -2.05. The van der Waals surface area contributed by atoms with E-state index in [1.165, 1.54) is 121 Å². The molecule has 1 N–H and O–H groups in total. The molecule has 0 aliphatic rings. The number of fused-ring (bicyclic) bond motifs is 1. The molecule has 0 saturated carbocycles. The van der Waals surface area contributed by atoms with Crippen LogP contribution in [-0.4, -0.2) is 13.0 Å². The summed E-state index contributed by atoms with van der Waals surface area (Å²) in [6, 6.07) is 9.83. The first-order valence-electron chi connectivity index (χ1n) is 16.0. The van der Waals surface area contributed by atoms with Gasteiger partial charge in [0.2, 0.25) is 0 Å². The van der Waals surface area contributed by atoms with Gasteiger partial charge < -0.3 is 0 Å². The molecule has 0 spiro atoms. The van der Waals surface area contributed by atoms with Gasteiger partial charge in [0.15, 0.2) is 0 Å². The standard InChI is InChI=1S/C34H56O3S/c1-3-5-7-9-11-13-15-17-19-21-24-30-25-23-27-32-31(30)28-29-34(38(35,36)37)33(32)26-22-20-18-16-14-12-10-8-6-4-2/h23,25,27-29H,3-22,24,26H2,1-2H3,(H,35,36,37). The number of hydrogen-bond acceptors (Lipinski definition) is 2. The third kappa shape index (κ3) is 12.6. The van der Waals surface area contributed by atoms with Crippen molar-refractivity contribution in [2.75, 3.05) is 0 Å². The third-order valence-corrected chi connectivity index (χ3v) is 9.02. The van der Waals surface area contributed by atoms with Crippen LogP contribution in [0, 0.1) is 0 Å². The maximum Gasteiger partial charge on any atom is 0.294 e. The van der Waals surface area contributed by atoms with Crippen LogP contribution >= 0.6 is 0 Å². The van der Waals surface area contributed by atoms with Gasteiger partial charge in [0.1, 0.15) is 0 Å². The lowest BCUT2D eigenvalue weighted by atomic mass is 9.94. The van der Waals surface area contributed by atoms with E-state index in [4.69, 9.17) is 0 Å². The molecule has 0 atom stereocenters. The number of aryl methyl sites for hydroxylation is 2. The van der Waals surface area contributed by atoms with E-state index in [1.54, 1.807) is 6.07 Å². The average Bonchev–Trinajstić information content (AvgIpc) is 2.90. The van der Waals surface area contributed by atoms with Crippen molar-refractivity contribution in [3.63, 3.8) is 0 Å². The Morgan fingerprint density at radius 3 is 1.45 bits per heavy atom. The van der Waals surface area contributed by atoms with E-state index in [0.717, 1.165) is 35.6 Å². The summed E-state index contributed by atoms with van der Waals surface area (Å²) in [5.41, 5.74) is 2.10. The van der Waals surface area contributed by atoms with Gasteiger partial charge in [-0.1, -0.05) is 154 Å². The molecule has 0 aliphatic carbocycles. The van der Waals surface area contributed by atoms with Gasteiger partial charge in [-0.25, -0.2) is 0 Å². The smallest absolute Gasteiger partial charge is 0.282 e. The lowest BCUT2D eigenvalue weighted by molar-refractivity contribution is 0.482. The number of unbranched alkanes of at least 4 members (excludes halogenated alkanes) is 18. The Morgan fingerprint density at radius 1 is 0.526 bits per heavy atom. The van der Waals surface area contributed by atoms with Crippen molar-refractivity contribution in [1.29, 1.82) is 0 Å². The van der Waals surface area contributed by atoms with Crippen LogP contribution in [0.5, 0.6) is 0 Å². The highest BCUT2D eigenvalue weighted by molar-refractivity contribution is 7.85. The fourth-order valence-corrected chi connectivity index (χ4v) is 6.54. The molecule has 3 nitrogen and oxygen atoms in total. The minimum atomic E-state index is -4.24. The Morgan fingerprint density at radius 2 is 0.974 bits per heavy atom. The summed E-state index contributed by atoms with van der Waals surface area (Å²) >= 11 is 0. The second kappa shape index (κ2) is 19.6. The predicted molar refractivity (Wildman–Crippen MR) is 165 cm³/mol. The topological polar surface area (TPSA) is 54.4 Å². The van der Waals surface area contributed by atoms with Gasteiger partial charge in [0, 0.05) is 0 Å². The summed E-state index contributed by atoms with van der Waals surface area (Å²) in [6.45, 7) is 4.52. The van der Waals surface area contributed by atoms with Crippen LogP contribution in [0.2, 0.25) is 0 Å². The molecule has 38 heavy (non-hydrogen) atoms. The summed E-state index contributed by atoms with van der Waals surface area (Å²) in [4.78, 5) is 0.0945. The second-order valence-electron chi connectivity index (χ2n) is 11.4. The Hall–Kier alpha value is -1.39. The molecular weight excluding hydrogens is 488 g/mol. The molecular formula is C34H56O3S. The Labute approximate surface area is 235 Å². The Balaban J connectivity index is 1.87. The molecule has 2 aromatic rings. The maximum atomic E-state index is 12.2. The van der Waals surface area contributed by atoms with Crippen molar-refractivity contribution < 1.29 is 13.0 Å². The zero-order valence-electron chi connectivity index (χ0n) is 24.6. The number of hydrogen-bond donors (Lipinski definition) is 1. The average molecular weight is 545 g/mol. The monoisotopic (exact) mass is 544 g/mol. The van der Waals surface area contributed by atoms with Gasteiger partial charge in [-0.05, 0) is 53.6 Å². The van der Waals surface area contributed by atoms with Crippen LogP contribution in [0.1, 0.15) is 153 Å². The van der Waals surface area contributed by atoms with Crippen molar-refractivity contribution in [1.82, 2.24) is 0 Å². The first-order chi connectivity index (χ1) is 18.5. The molecule has 4 heteroatoms. The lowest BCUT2D eigenvalue weighted by Gasteiger charge is -2.14.